The molecule has 0 radical (unpaired) electrons. The molecular formula is C13H17F2NO2S. The largest absolute Gasteiger partial charge is 0.313 e. The Kier molecular flexibility index (Phi) is 4.20. The molecule has 19 heavy (non-hydrogen) atoms. The minimum atomic E-state index is -3.60. The van der Waals surface area contributed by atoms with Crippen molar-refractivity contribution in [3.8, 4) is 0 Å². The molecule has 1 N–H and O–H groups in total. The van der Waals surface area contributed by atoms with Crippen molar-refractivity contribution in [2.45, 2.75) is 30.7 Å². The van der Waals surface area contributed by atoms with Gasteiger partial charge in [0.2, 0.25) is 0 Å². The van der Waals surface area contributed by atoms with Crippen molar-refractivity contribution in [2.24, 2.45) is 5.92 Å². The Morgan fingerprint density at radius 3 is 2.53 bits per heavy atom. The smallest absolute Gasteiger partial charge is 0.180 e. The summed E-state index contributed by atoms with van der Waals surface area (Å²) < 4.78 is 50.3. The fourth-order valence-electron chi connectivity index (χ4n) is 2.13. The summed E-state index contributed by atoms with van der Waals surface area (Å²) in [6, 6.07) is 2.61. The third-order valence-electron chi connectivity index (χ3n) is 3.31. The lowest BCUT2D eigenvalue weighted by Gasteiger charge is -2.17. The average Bonchev–Trinajstić information content (AvgIpc) is 3.16. The molecule has 1 saturated carbocycles. The number of hydrogen-bond donors (Lipinski definition) is 1. The highest BCUT2D eigenvalue weighted by Gasteiger charge is 2.34. The molecular weight excluding hydrogens is 272 g/mol. The lowest BCUT2D eigenvalue weighted by Crippen LogP contribution is -2.37. The van der Waals surface area contributed by atoms with Crippen LogP contribution in [0.15, 0.2) is 23.1 Å². The van der Waals surface area contributed by atoms with Crippen LogP contribution in [0.2, 0.25) is 0 Å². The molecule has 6 heteroatoms. The van der Waals surface area contributed by atoms with Crippen molar-refractivity contribution in [1.29, 1.82) is 0 Å². The fourth-order valence-corrected chi connectivity index (χ4v) is 3.74. The van der Waals surface area contributed by atoms with E-state index in [2.05, 4.69) is 5.32 Å². The van der Waals surface area contributed by atoms with Crippen LogP contribution in [-0.4, -0.2) is 26.8 Å². The lowest BCUT2D eigenvalue weighted by atomic mass is 10.2. The van der Waals surface area contributed by atoms with Crippen LogP contribution in [0.5, 0.6) is 0 Å². The average molecular weight is 289 g/mol. The zero-order valence-corrected chi connectivity index (χ0v) is 11.5. The van der Waals surface area contributed by atoms with Gasteiger partial charge in [-0.2, -0.15) is 0 Å². The predicted octanol–water partition coefficient (Wildman–Crippen LogP) is 2.13. The number of sulfone groups is 1. The van der Waals surface area contributed by atoms with E-state index in [0.717, 1.165) is 31.0 Å². The van der Waals surface area contributed by atoms with E-state index in [1.54, 1.807) is 0 Å². The molecule has 0 aliphatic heterocycles. The highest BCUT2D eigenvalue weighted by Crippen LogP contribution is 2.34. The molecule has 1 atom stereocenters. The molecule has 0 aromatic heterocycles. The van der Waals surface area contributed by atoms with Crippen LogP contribution >= 0.6 is 0 Å². The standard InChI is InChI=1S/C13H17F2NO2S/c1-2-16-13(9-3-4-9)8-19(17,18)10-5-6-11(14)12(15)7-10/h5-7,9,13,16H,2-4,8H2,1H3. The van der Waals surface area contributed by atoms with Gasteiger partial charge >= 0.3 is 0 Å². The summed E-state index contributed by atoms with van der Waals surface area (Å²) in [4.78, 5) is -0.157. The Bertz CT molecular complexity index is 556. The Labute approximate surface area is 111 Å². The molecule has 1 unspecified atom stereocenters. The van der Waals surface area contributed by atoms with Crippen LogP contribution in [0.1, 0.15) is 19.8 Å². The van der Waals surface area contributed by atoms with Crippen LogP contribution in [0.4, 0.5) is 8.78 Å². The quantitative estimate of drug-likeness (QED) is 0.816. The molecule has 2 rings (SSSR count). The third-order valence-corrected chi connectivity index (χ3v) is 5.08. The first kappa shape index (κ1) is 14.4. The maximum atomic E-state index is 13.1. The molecule has 106 valence electrons. The van der Waals surface area contributed by atoms with Crippen molar-refractivity contribution < 1.29 is 17.2 Å². The molecule has 1 aliphatic carbocycles. The maximum Gasteiger partial charge on any atom is 0.180 e. The van der Waals surface area contributed by atoms with E-state index in [1.165, 1.54) is 0 Å². The van der Waals surface area contributed by atoms with Crippen LogP contribution in [0, 0.1) is 17.6 Å². The van der Waals surface area contributed by atoms with Crippen molar-refractivity contribution in [1.82, 2.24) is 5.32 Å². The van der Waals surface area contributed by atoms with E-state index in [1.807, 2.05) is 6.92 Å². The second kappa shape index (κ2) is 5.54. The third kappa shape index (κ3) is 3.51. The summed E-state index contributed by atoms with van der Waals surface area (Å²) in [6.07, 6.45) is 2.04. The number of benzene rings is 1. The molecule has 0 spiro atoms. The second-order valence-corrected chi connectivity index (χ2v) is 6.89. The van der Waals surface area contributed by atoms with Gasteiger partial charge in [-0.1, -0.05) is 6.92 Å². The first-order valence-corrected chi connectivity index (χ1v) is 8.00. The normalized spacial score (nSPS) is 17.4. The zero-order valence-electron chi connectivity index (χ0n) is 10.7. The molecule has 0 bridgehead atoms. The summed E-state index contributed by atoms with van der Waals surface area (Å²) in [5, 5.41) is 3.15. The van der Waals surface area contributed by atoms with Crippen LogP contribution in [0.3, 0.4) is 0 Å². The summed E-state index contributed by atoms with van der Waals surface area (Å²) in [5.74, 6) is -1.87. The van der Waals surface area contributed by atoms with E-state index in [4.69, 9.17) is 0 Å². The van der Waals surface area contributed by atoms with Gasteiger partial charge in [0, 0.05) is 6.04 Å². The highest BCUT2D eigenvalue weighted by atomic mass is 32.2. The van der Waals surface area contributed by atoms with Crippen molar-refractivity contribution in [3.63, 3.8) is 0 Å². The van der Waals surface area contributed by atoms with Gasteiger partial charge in [-0.05, 0) is 43.5 Å². The van der Waals surface area contributed by atoms with Gasteiger partial charge in [0.25, 0.3) is 0 Å². The molecule has 0 saturated heterocycles. The first-order chi connectivity index (χ1) is 8.94. The molecule has 1 aromatic carbocycles. The van der Waals surface area contributed by atoms with Gasteiger partial charge in [-0.15, -0.1) is 0 Å². The number of nitrogens with one attached hydrogen (secondary N) is 1. The zero-order chi connectivity index (χ0) is 14.0. The van der Waals surface area contributed by atoms with Crippen molar-refractivity contribution in [3.05, 3.63) is 29.8 Å². The molecule has 3 nitrogen and oxygen atoms in total. The molecule has 0 heterocycles. The van der Waals surface area contributed by atoms with E-state index in [9.17, 15) is 17.2 Å². The number of halogens is 2. The van der Waals surface area contributed by atoms with Gasteiger partial charge in [0.15, 0.2) is 21.5 Å². The van der Waals surface area contributed by atoms with Crippen molar-refractivity contribution in [2.75, 3.05) is 12.3 Å². The fraction of sp³-hybridized carbons (Fsp3) is 0.538. The van der Waals surface area contributed by atoms with Crippen LogP contribution in [0.25, 0.3) is 0 Å². The van der Waals surface area contributed by atoms with Crippen molar-refractivity contribution >= 4 is 9.84 Å². The molecule has 1 aliphatic rings. The van der Waals surface area contributed by atoms with E-state index in [-0.39, 0.29) is 16.7 Å². The summed E-state index contributed by atoms with van der Waals surface area (Å²) in [6.45, 7) is 2.61. The van der Waals surface area contributed by atoms with E-state index >= 15 is 0 Å². The monoisotopic (exact) mass is 289 g/mol. The molecule has 1 fully saturated rings. The lowest BCUT2D eigenvalue weighted by molar-refractivity contribution is 0.497. The second-order valence-electron chi connectivity index (χ2n) is 4.86. The Hall–Kier alpha value is -1.01. The van der Waals surface area contributed by atoms with Gasteiger partial charge in [-0.25, -0.2) is 17.2 Å². The maximum absolute atomic E-state index is 13.1. The summed E-state index contributed by atoms with van der Waals surface area (Å²) in [5.41, 5.74) is 0. The Morgan fingerprint density at radius 1 is 1.32 bits per heavy atom. The van der Waals surface area contributed by atoms with Gasteiger partial charge in [0.05, 0.1) is 10.6 Å². The van der Waals surface area contributed by atoms with E-state index < -0.39 is 21.5 Å². The van der Waals surface area contributed by atoms with Crippen LogP contribution < -0.4 is 5.32 Å². The first-order valence-electron chi connectivity index (χ1n) is 6.35. The minimum Gasteiger partial charge on any atom is -0.313 e. The predicted molar refractivity (Wildman–Crippen MR) is 68.6 cm³/mol. The SMILES string of the molecule is CCNC(CS(=O)(=O)c1ccc(F)c(F)c1)C1CC1. The van der Waals surface area contributed by atoms with Crippen LogP contribution in [-0.2, 0) is 9.84 Å². The topological polar surface area (TPSA) is 46.2 Å². The van der Waals surface area contributed by atoms with Gasteiger partial charge in [-0.3, -0.25) is 0 Å². The Morgan fingerprint density at radius 2 is 2.00 bits per heavy atom. The molecule has 1 aromatic rings. The summed E-state index contributed by atoms with van der Waals surface area (Å²) >= 11 is 0. The number of hydrogen-bond acceptors (Lipinski definition) is 3. The Balaban J connectivity index is 2.18. The minimum absolute atomic E-state index is 0.0728. The van der Waals surface area contributed by atoms with Gasteiger partial charge in [0.1, 0.15) is 0 Å². The van der Waals surface area contributed by atoms with E-state index in [0.29, 0.717) is 12.5 Å². The summed E-state index contributed by atoms with van der Waals surface area (Å²) in [7, 11) is -3.60. The van der Waals surface area contributed by atoms with Gasteiger partial charge < -0.3 is 5.32 Å². The molecule has 0 amide bonds. The number of rotatable bonds is 6. The highest BCUT2D eigenvalue weighted by molar-refractivity contribution is 7.91.